The summed E-state index contributed by atoms with van der Waals surface area (Å²) in [6.45, 7) is 9.30. The van der Waals surface area contributed by atoms with Crippen molar-refractivity contribution < 1.29 is 0 Å². The summed E-state index contributed by atoms with van der Waals surface area (Å²) in [7, 11) is 0. The van der Waals surface area contributed by atoms with Gasteiger partial charge in [-0.3, -0.25) is 0 Å². The summed E-state index contributed by atoms with van der Waals surface area (Å²) < 4.78 is 0. The van der Waals surface area contributed by atoms with Crippen molar-refractivity contribution in [3.8, 4) is 0 Å². The lowest BCUT2D eigenvalue weighted by atomic mass is 9.85. The highest BCUT2D eigenvalue weighted by molar-refractivity contribution is 5.55. The zero-order valence-corrected chi connectivity index (χ0v) is 10.9. The lowest BCUT2D eigenvalue weighted by Gasteiger charge is -2.43. The van der Waals surface area contributed by atoms with Gasteiger partial charge in [-0.2, -0.15) is 0 Å². The SMILES string of the molecule is Cc1ccc(C)c(N2CC3CNCC(C3)C2)c1. The Labute approximate surface area is 104 Å². The molecule has 92 valence electrons. The van der Waals surface area contributed by atoms with Gasteiger partial charge in [0.15, 0.2) is 0 Å². The van der Waals surface area contributed by atoms with E-state index >= 15 is 0 Å². The van der Waals surface area contributed by atoms with E-state index in [2.05, 4.69) is 42.3 Å². The molecule has 2 unspecified atom stereocenters. The Kier molecular flexibility index (Phi) is 2.83. The maximum absolute atomic E-state index is 3.56. The molecule has 2 aliphatic heterocycles. The van der Waals surface area contributed by atoms with Crippen LogP contribution in [0.15, 0.2) is 18.2 Å². The second-order valence-corrected chi connectivity index (χ2v) is 5.82. The summed E-state index contributed by atoms with van der Waals surface area (Å²) in [6.07, 6.45) is 1.42. The second-order valence-electron chi connectivity index (χ2n) is 5.82. The van der Waals surface area contributed by atoms with Crippen molar-refractivity contribution in [2.75, 3.05) is 31.1 Å². The number of nitrogens with zero attached hydrogens (tertiary/aromatic N) is 1. The normalized spacial score (nSPS) is 28.2. The lowest BCUT2D eigenvalue weighted by Crippen LogP contribution is -2.51. The van der Waals surface area contributed by atoms with E-state index in [0.29, 0.717) is 0 Å². The third kappa shape index (κ3) is 2.19. The predicted octanol–water partition coefficient (Wildman–Crippen LogP) is 2.35. The average Bonchev–Trinajstić information content (AvgIpc) is 2.32. The van der Waals surface area contributed by atoms with Crippen molar-refractivity contribution in [1.29, 1.82) is 0 Å². The maximum Gasteiger partial charge on any atom is 0.0398 e. The number of fused-ring (bicyclic) bond motifs is 2. The quantitative estimate of drug-likeness (QED) is 0.796. The first-order valence-electron chi connectivity index (χ1n) is 6.75. The molecule has 1 aromatic carbocycles. The number of anilines is 1. The smallest absolute Gasteiger partial charge is 0.0398 e. The van der Waals surface area contributed by atoms with Gasteiger partial charge in [-0.15, -0.1) is 0 Å². The van der Waals surface area contributed by atoms with Gasteiger partial charge in [-0.1, -0.05) is 12.1 Å². The number of hydrogen-bond acceptors (Lipinski definition) is 2. The van der Waals surface area contributed by atoms with E-state index in [-0.39, 0.29) is 0 Å². The molecule has 2 saturated heterocycles. The van der Waals surface area contributed by atoms with Crippen LogP contribution in [0.3, 0.4) is 0 Å². The number of rotatable bonds is 1. The van der Waals surface area contributed by atoms with Crippen molar-refractivity contribution >= 4 is 5.69 Å². The summed E-state index contributed by atoms with van der Waals surface area (Å²) in [5.74, 6) is 1.70. The summed E-state index contributed by atoms with van der Waals surface area (Å²) in [6, 6.07) is 6.82. The number of piperidine rings is 2. The van der Waals surface area contributed by atoms with E-state index in [4.69, 9.17) is 0 Å². The van der Waals surface area contributed by atoms with Gasteiger partial charge in [0, 0.05) is 18.8 Å². The van der Waals surface area contributed by atoms with Gasteiger partial charge in [0.05, 0.1) is 0 Å². The van der Waals surface area contributed by atoms with Gasteiger partial charge in [0.25, 0.3) is 0 Å². The molecule has 0 spiro atoms. The number of benzene rings is 1. The number of aryl methyl sites for hydroxylation is 2. The molecule has 0 aliphatic carbocycles. The van der Waals surface area contributed by atoms with Gasteiger partial charge in [-0.25, -0.2) is 0 Å². The van der Waals surface area contributed by atoms with Crippen LogP contribution in [0.4, 0.5) is 5.69 Å². The Morgan fingerprint density at radius 2 is 1.82 bits per heavy atom. The molecule has 3 rings (SSSR count). The topological polar surface area (TPSA) is 15.3 Å². The Hall–Kier alpha value is -1.02. The molecular formula is C15H22N2. The molecule has 17 heavy (non-hydrogen) atoms. The van der Waals surface area contributed by atoms with Crippen LogP contribution in [-0.4, -0.2) is 26.2 Å². The Morgan fingerprint density at radius 1 is 1.12 bits per heavy atom. The fraction of sp³-hybridized carbons (Fsp3) is 0.600. The second kappa shape index (κ2) is 4.34. The standard InChI is InChI=1S/C15H22N2/c1-11-3-4-12(2)15(5-11)17-9-13-6-14(10-17)8-16-7-13/h3-5,13-14,16H,6-10H2,1-2H3. The molecule has 2 bridgehead atoms. The summed E-state index contributed by atoms with van der Waals surface area (Å²) in [5, 5.41) is 3.56. The van der Waals surface area contributed by atoms with E-state index in [1.165, 1.54) is 49.4 Å². The van der Waals surface area contributed by atoms with Crippen molar-refractivity contribution in [2.24, 2.45) is 11.8 Å². The average molecular weight is 230 g/mol. The molecule has 0 saturated carbocycles. The third-order valence-corrected chi connectivity index (χ3v) is 4.20. The zero-order valence-electron chi connectivity index (χ0n) is 10.9. The molecule has 0 radical (unpaired) electrons. The lowest BCUT2D eigenvalue weighted by molar-refractivity contribution is 0.249. The number of nitrogens with one attached hydrogen (secondary N) is 1. The van der Waals surface area contributed by atoms with Crippen LogP contribution >= 0.6 is 0 Å². The molecule has 2 atom stereocenters. The van der Waals surface area contributed by atoms with E-state index < -0.39 is 0 Å². The van der Waals surface area contributed by atoms with Crippen molar-refractivity contribution in [2.45, 2.75) is 20.3 Å². The molecule has 0 amide bonds. The summed E-state index contributed by atoms with van der Waals surface area (Å²) in [5.41, 5.74) is 4.25. The van der Waals surface area contributed by atoms with E-state index in [9.17, 15) is 0 Å². The molecular weight excluding hydrogens is 208 g/mol. The van der Waals surface area contributed by atoms with Crippen molar-refractivity contribution in [3.63, 3.8) is 0 Å². The highest BCUT2D eigenvalue weighted by Crippen LogP contribution is 2.30. The highest BCUT2D eigenvalue weighted by Gasteiger charge is 2.30. The van der Waals surface area contributed by atoms with Gasteiger partial charge < -0.3 is 10.2 Å². The summed E-state index contributed by atoms with van der Waals surface area (Å²) >= 11 is 0. The van der Waals surface area contributed by atoms with Gasteiger partial charge in [-0.05, 0) is 62.4 Å². The molecule has 1 aromatic rings. The minimum Gasteiger partial charge on any atom is -0.371 e. The molecule has 0 aromatic heterocycles. The monoisotopic (exact) mass is 230 g/mol. The minimum atomic E-state index is 0.849. The number of hydrogen-bond donors (Lipinski definition) is 1. The third-order valence-electron chi connectivity index (χ3n) is 4.20. The first-order valence-corrected chi connectivity index (χ1v) is 6.75. The Morgan fingerprint density at radius 3 is 2.53 bits per heavy atom. The van der Waals surface area contributed by atoms with Gasteiger partial charge in [0.1, 0.15) is 0 Å². The van der Waals surface area contributed by atoms with Crippen LogP contribution in [-0.2, 0) is 0 Å². The van der Waals surface area contributed by atoms with Crippen LogP contribution < -0.4 is 10.2 Å². The minimum absolute atomic E-state index is 0.849. The Bertz CT molecular complexity index is 401. The zero-order chi connectivity index (χ0) is 11.8. The molecule has 2 fully saturated rings. The molecule has 2 nitrogen and oxygen atoms in total. The first kappa shape index (κ1) is 11.1. The Balaban J connectivity index is 1.86. The van der Waals surface area contributed by atoms with Crippen LogP contribution in [0.25, 0.3) is 0 Å². The van der Waals surface area contributed by atoms with Crippen LogP contribution in [0, 0.1) is 25.7 Å². The van der Waals surface area contributed by atoms with Gasteiger partial charge in [0.2, 0.25) is 0 Å². The van der Waals surface area contributed by atoms with Crippen molar-refractivity contribution in [3.05, 3.63) is 29.3 Å². The largest absolute Gasteiger partial charge is 0.371 e. The van der Waals surface area contributed by atoms with E-state index in [0.717, 1.165) is 11.8 Å². The highest BCUT2D eigenvalue weighted by atomic mass is 15.2. The fourth-order valence-corrected chi connectivity index (χ4v) is 3.36. The summed E-state index contributed by atoms with van der Waals surface area (Å²) in [4.78, 5) is 2.61. The van der Waals surface area contributed by atoms with E-state index in [1.54, 1.807) is 0 Å². The van der Waals surface area contributed by atoms with Crippen LogP contribution in [0.1, 0.15) is 17.5 Å². The molecule has 2 aliphatic rings. The molecule has 2 heterocycles. The van der Waals surface area contributed by atoms with Crippen molar-refractivity contribution in [1.82, 2.24) is 5.32 Å². The van der Waals surface area contributed by atoms with Gasteiger partial charge >= 0.3 is 0 Å². The van der Waals surface area contributed by atoms with Crippen LogP contribution in [0.2, 0.25) is 0 Å². The van der Waals surface area contributed by atoms with E-state index in [1.807, 2.05) is 0 Å². The maximum atomic E-state index is 3.56. The molecule has 1 N–H and O–H groups in total. The van der Waals surface area contributed by atoms with Crippen LogP contribution in [0.5, 0.6) is 0 Å². The first-order chi connectivity index (χ1) is 8.22. The molecule has 2 heteroatoms. The predicted molar refractivity (Wildman–Crippen MR) is 72.6 cm³/mol. The fourth-order valence-electron chi connectivity index (χ4n) is 3.36.